The Morgan fingerprint density at radius 2 is 1.94 bits per heavy atom. The Morgan fingerprint density at radius 3 is 2.67 bits per heavy atom. The van der Waals surface area contributed by atoms with Crippen LogP contribution in [0.15, 0.2) is 41.8 Å². The molecule has 2 aromatic heterocycles. The average molecular weight is 470 g/mol. The van der Waals surface area contributed by atoms with Crippen molar-refractivity contribution in [3.63, 3.8) is 0 Å². The summed E-state index contributed by atoms with van der Waals surface area (Å²) in [5.41, 5.74) is 7.33. The van der Waals surface area contributed by atoms with Crippen LogP contribution in [0, 0.1) is 11.7 Å². The van der Waals surface area contributed by atoms with Crippen molar-refractivity contribution in [3.8, 4) is 10.7 Å². The van der Waals surface area contributed by atoms with Crippen LogP contribution in [0.3, 0.4) is 0 Å². The second-order valence-corrected chi connectivity index (χ2v) is 8.55. The van der Waals surface area contributed by atoms with E-state index in [1.807, 2.05) is 4.90 Å². The number of esters is 1. The highest BCUT2D eigenvalue weighted by Crippen LogP contribution is 2.33. The van der Waals surface area contributed by atoms with E-state index in [2.05, 4.69) is 15.3 Å². The third-order valence-corrected chi connectivity index (χ3v) is 6.46. The van der Waals surface area contributed by atoms with E-state index in [9.17, 15) is 14.0 Å². The number of aromatic nitrogens is 2. The van der Waals surface area contributed by atoms with Gasteiger partial charge < -0.3 is 20.7 Å². The van der Waals surface area contributed by atoms with Crippen LogP contribution in [-0.2, 0) is 4.74 Å². The summed E-state index contributed by atoms with van der Waals surface area (Å²) in [6.07, 6.45) is 1.76. The molecule has 1 aliphatic rings. The minimum atomic E-state index is -0.555. The van der Waals surface area contributed by atoms with Gasteiger partial charge in [0, 0.05) is 18.5 Å². The van der Waals surface area contributed by atoms with Gasteiger partial charge in [-0.15, -0.1) is 11.3 Å². The minimum absolute atomic E-state index is 0.152. The number of piperidine rings is 1. The summed E-state index contributed by atoms with van der Waals surface area (Å²) in [7, 11) is 1.28. The maximum atomic E-state index is 14.7. The van der Waals surface area contributed by atoms with Crippen LogP contribution in [0.5, 0.6) is 0 Å². The number of amides is 1. The number of ether oxygens (including phenoxy) is 1. The highest BCUT2D eigenvalue weighted by atomic mass is 32.1. The predicted octanol–water partition coefficient (Wildman–Crippen LogP) is 3.56. The summed E-state index contributed by atoms with van der Waals surface area (Å²) in [6.45, 7) is 1.97. The van der Waals surface area contributed by atoms with Gasteiger partial charge in [-0.25, -0.2) is 19.2 Å². The summed E-state index contributed by atoms with van der Waals surface area (Å²) >= 11 is 1.22. The number of carbonyl (C=O) groups excluding carboxylic acids is 2. The minimum Gasteiger partial charge on any atom is -0.464 e. The molecule has 8 nitrogen and oxygen atoms in total. The molecule has 3 N–H and O–H groups in total. The fourth-order valence-corrected chi connectivity index (χ4v) is 4.55. The number of halogens is 1. The number of methoxy groups -OCH3 is 1. The van der Waals surface area contributed by atoms with E-state index < -0.39 is 11.9 Å². The molecule has 0 atom stereocenters. The van der Waals surface area contributed by atoms with Crippen molar-refractivity contribution in [2.24, 2.45) is 11.7 Å². The Bertz CT molecular complexity index is 1160. The Morgan fingerprint density at radius 1 is 1.18 bits per heavy atom. The first-order valence-corrected chi connectivity index (χ1v) is 11.4. The van der Waals surface area contributed by atoms with E-state index in [0.29, 0.717) is 47.6 Å². The molecule has 1 amide bonds. The van der Waals surface area contributed by atoms with Gasteiger partial charge in [0.05, 0.1) is 24.2 Å². The number of para-hydroxylation sites is 1. The lowest BCUT2D eigenvalue weighted by Gasteiger charge is -2.34. The number of pyridine rings is 1. The van der Waals surface area contributed by atoms with Crippen molar-refractivity contribution in [2.45, 2.75) is 12.8 Å². The smallest absolute Gasteiger partial charge is 0.356 e. The van der Waals surface area contributed by atoms with E-state index in [1.165, 1.54) is 24.5 Å². The van der Waals surface area contributed by atoms with Gasteiger partial charge in [0.25, 0.3) is 5.91 Å². The van der Waals surface area contributed by atoms with Crippen molar-refractivity contribution < 1.29 is 18.7 Å². The molecule has 1 aromatic carbocycles. The molecule has 1 saturated heterocycles. The number of nitrogens with one attached hydrogen (secondary N) is 1. The van der Waals surface area contributed by atoms with Crippen LogP contribution < -0.4 is 16.0 Å². The third kappa shape index (κ3) is 5.01. The van der Waals surface area contributed by atoms with Gasteiger partial charge in [-0.2, -0.15) is 0 Å². The van der Waals surface area contributed by atoms with Gasteiger partial charge in [0.15, 0.2) is 0 Å². The van der Waals surface area contributed by atoms with Crippen LogP contribution in [-0.4, -0.2) is 48.6 Å². The Hall–Kier alpha value is -3.37. The van der Waals surface area contributed by atoms with Crippen molar-refractivity contribution in [1.29, 1.82) is 0 Å². The quantitative estimate of drug-likeness (QED) is 0.531. The highest BCUT2D eigenvalue weighted by Gasteiger charge is 2.24. The molecule has 172 valence electrons. The number of nitrogens with zero attached hydrogens (tertiary/aromatic N) is 3. The number of anilines is 2. The molecule has 3 heterocycles. The standard InChI is InChI=1S/C23H24FN5O3S/c1-32-23(31)18-7-3-6-17(26-18)22-28-19(13-33-22)21(30)27-16-5-2-4-15(24)20(16)29-10-8-14(12-25)9-11-29/h2-7,13-14H,8-12,25H2,1H3,(H,27,30). The number of nitrogens with two attached hydrogens (primary N) is 1. The fraction of sp³-hybridized carbons (Fsp3) is 0.304. The summed E-state index contributed by atoms with van der Waals surface area (Å²) in [5.74, 6) is -0.960. The van der Waals surface area contributed by atoms with Gasteiger partial charge in [-0.05, 0) is 49.6 Å². The van der Waals surface area contributed by atoms with E-state index in [0.717, 1.165) is 12.8 Å². The molecule has 1 fully saturated rings. The summed E-state index contributed by atoms with van der Waals surface area (Å²) < 4.78 is 19.4. The molecule has 0 bridgehead atoms. The van der Waals surface area contributed by atoms with Crippen LogP contribution in [0.4, 0.5) is 15.8 Å². The molecular formula is C23H24FN5O3S. The van der Waals surface area contributed by atoms with Crippen LogP contribution in [0.25, 0.3) is 10.7 Å². The number of benzene rings is 1. The lowest BCUT2D eigenvalue weighted by molar-refractivity contribution is 0.0594. The molecule has 0 spiro atoms. The van der Waals surface area contributed by atoms with Gasteiger partial charge in [-0.3, -0.25) is 4.79 Å². The van der Waals surface area contributed by atoms with E-state index in [1.54, 1.807) is 35.7 Å². The number of carbonyl (C=O) groups is 2. The van der Waals surface area contributed by atoms with Gasteiger partial charge in [0.1, 0.15) is 22.2 Å². The molecule has 1 aliphatic heterocycles. The monoisotopic (exact) mass is 469 g/mol. The highest BCUT2D eigenvalue weighted by molar-refractivity contribution is 7.13. The molecule has 4 rings (SSSR count). The summed E-state index contributed by atoms with van der Waals surface area (Å²) in [4.78, 5) is 35.2. The molecule has 0 aliphatic carbocycles. The van der Waals surface area contributed by atoms with E-state index in [-0.39, 0.29) is 17.2 Å². The van der Waals surface area contributed by atoms with Crippen LogP contribution >= 0.6 is 11.3 Å². The second-order valence-electron chi connectivity index (χ2n) is 7.69. The summed E-state index contributed by atoms with van der Waals surface area (Å²) in [5, 5.41) is 4.88. The van der Waals surface area contributed by atoms with Crippen molar-refractivity contribution in [2.75, 3.05) is 37.0 Å². The first-order chi connectivity index (χ1) is 16.0. The first-order valence-electron chi connectivity index (χ1n) is 10.6. The fourth-order valence-electron chi connectivity index (χ4n) is 3.78. The largest absolute Gasteiger partial charge is 0.464 e. The molecule has 10 heteroatoms. The maximum absolute atomic E-state index is 14.7. The maximum Gasteiger partial charge on any atom is 0.356 e. The number of hydrogen-bond acceptors (Lipinski definition) is 8. The molecule has 33 heavy (non-hydrogen) atoms. The Labute approximate surface area is 194 Å². The molecule has 3 aromatic rings. The first kappa shape index (κ1) is 22.8. The lowest BCUT2D eigenvalue weighted by Crippen LogP contribution is -2.37. The molecule has 0 radical (unpaired) electrons. The van der Waals surface area contributed by atoms with E-state index in [4.69, 9.17) is 10.5 Å². The second kappa shape index (κ2) is 10.1. The Balaban J connectivity index is 1.53. The van der Waals surface area contributed by atoms with Crippen molar-refractivity contribution in [1.82, 2.24) is 9.97 Å². The third-order valence-electron chi connectivity index (χ3n) is 5.60. The SMILES string of the molecule is COC(=O)c1cccc(-c2nc(C(=O)Nc3cccc(F)c3N3CCC(CN)CC3)cs2)n1. The van der Waals surface area contributed by atoms with Gasteiger partial charge >= 0.3 is 5.97 Å². The van der Waals surface area contributed by atoms with Crippen molar-refractivity contribution in [3.05, 3.63) is 59.0 Å². The summed E-state index contributed by atoms with van der Waals surface area (Å²) in [6, 6.07) is 9.54. The van der Waals surface area contributed by atoms with Gasteiger partial charge in [-0.1, -0.05) is 12.1 Å². The molecular weight excluding hydrogens is 445 g/mol. The number of thiazole rings is 1. The topological polar surface area (TPSA) is 110 Å². The van der Waals surface area contributed by atoms with Gasteiger partial charge in [0.2, 0.25) is 0 Å². The normalized spacial score (nSPS) is 14.2. The van der Waals surface area contributed by atoms with Crippen LogP contribution in [0.1, 0.15) is 33.8 Å². The zero-order chi connectivity index (χ0) is 23.4. The average Bonchev–Trinajstić information content (AvgIpc) is 3.35. The molecule has 0 saturated carbocycles. The zero-order valence-electron chi connectivity index (χ0n) is 18.1. The predicted molar refractivity (Wildman–Crippen MR) is 125 cm³/mol. The van der Waals surface area contributed by atoms with Crippen molar-refractivity contribution >= 4 is 34.6 Å². The Kier molecular flexibility index (Phi) is 6.95. The zero-order valence-corrected chi connectivity index (χ0v) is 18.9. The number of hydrogen-bond donors (Lipinski definition) is 2. The lowest BCUT2D eigenvalue weighted by atomic mass is 9.96. The van der Waals surface area contributed by atoms with Crippen LogP contribution in [0.2, 0.25) is 0 Å². The number of rotatable bonds is 6. The molecule has 0 unspecified atom stereocenters. The van der Waals surface area contributed by atoms with E-state index >= 15 is 0 Å².